The lowest BCUT2D eigenvalue weighted by Crippen LogP contribution is -1.74. The Balaban J connectivity index is 1.70. The number of hydrogen-bond acceptors (Lipinski definition) is 3. The summed E-state index contributed by atoms with van der Waals surface area (Å²) >= 11 is 1.68. The van der Waals surface area contributed by atoms with Crippen LogP contribution < -0.4 is 0 Å². The molecular formula is C20H18N2S. The highest BCUT2D eigenvalue weighted by Crippen LogP contribution is 2.18. The van der Waals surface area contributed by atoms with Crippen molar-refractivity contribution in [3.63, 3.8) is 0 Å². The molecule has 1 aromatic heterocycles. The molecule has 3 heteroatoms. The molecule has 0 atom stereocenters. The Kier molecular flexibility index (Phi) is 4.79. The number of aryl methyl sites for hydroxylation is 2. The fraction of sp³-hybridized carbons (Fsp3) is 0.100. The first-order valence-electron chi connectivity index (χ1n) is 7.50. The maximum Gasteiger partial charge on any atom is 0.0632 e. The third kappa shape index (κ3) is 4.47. The minimum absolute atomic E-state index is 0.980. The first-order chi connectivity index (χ1) is 11.2. The van der Waals surface area contributed by atoms with Crippen LogP contribution in [0.4, 0.5) is 11.4 Å². The maximum atomic E-state index is 4.52. The largest absolute Gasteiger partial charge is 0.255 e. The number of nitrogens with zero attached hydrogens (tertiary/aromatic N) is 2. The van der Waals surface area contributed by atoms with E-state index in [0.29, 0.717) is 0 Å². The van der Waals surface area contributed by atoms with Gasteiger partial charge in [0, 0.05) is 22.2 Å². The highest BCUT2D eigenvalue weighted by Gasteiger charge is 1.96. The Hall–Kier alpha value is -2.52. The highest BCUT2D eigenvalue weighted by atomic mass is 32.1. The summed E-state index contributed by atoms with van der Waals surface area (Å²) in [7, 11) is 0. The molecule has 0 unspecified atom stereocenters. The number of rotatable bonds is 4. The molecule has 0 aliphatic carbocycles. The van der Waals surface area contributed by atoms with E-state index in [4.69, 9.17) is 0 Å². The van der Waals surface area contributed by atoms with Gasteiger partial charge in [-0.3, -0.25) is 9.98 Å². The first kappa shape index (κ1) is 15.4. The summed E-state index contributed by atoms with van der Waals surface area (Å²) in [4.78, 5) is 11.3. The maximum absolute atomic E-state index is 4.52. The van der Waals surface area contributed by atoms with Gasteiger partial charge in [0.25, 0.3) is 0 Å². The molecule has 0 N–H and O–H groups in total. The van der Waals surface area contributed by atoms with Crippen molar-refractivity contribution in [2.75, 3.05) is 0 Å². The Morgan fingerprint density at radius 3 is 1.61 bits per heavy atom. The molecule has 1 heterocycles. The molecule has 0 aliphatic heterocycles. The van der Waals surface area contributed by atoms with Gasteiger partial charge >= 0.3 is 0 Å². The number of benzene rings is 2. The molecule has 0 amide bonds. The molecule has 0 fully saturated rings. The molecule has 0 bridgehead atoms. The smallest absolute Gasteiger partial charge is 0.0632 e. The standard InChI is InChI=1S/C20H18N2S/c1-15-5-3-7-17(11-15)21-13-19-9-10-20(23-19)14-22-18-8-4-6-16(2)12-18/h3-14H,1-2H3. The summed E-state index contributed by atoms with van der Waals surface area (Å²) in [6.07, 6.45) is 3.81. The molecule has 3 aromatic rings. The van der Waals surface area contributed by atoms with E-state index in [1.165, 1.54) is 11.1 Å². The first-order valence-corrected chi connectivity index (χ1v) is 8.32. The van der Waals surface area contributed by atoms with Gasteiger partial charge in [0.1, 0.15) is 0 Å². The van der Waals surface area contributed by atoms with Gasteiger partial charge in [-0.05, 0) is 61.4 Å². The predicted octanol–water partition coefficient (Wildman–Crippen LogP) is 5.87. The summed E-state index contributed by atoms with van der Waals surface area (Å²) < 4.78 is 0. The van der Waals surface area contributed by atoms with E-state index in [9.17, 15) is 0 Å². The van der Waals surface area contributed by atoms with E-state index in [2.05, 4.69) is 60.2 Å². The molecule has 0 saturated heterocycles. The van der Waals surface area contributed by atoms with Crippen molar-refractivity contribution in [3.05, 3.63) is 81.5 Å². The molecule has 0 spiro atoms. The van der Waals surface area contributed by atoms with Crippen LogP contribution in [0.1, 0.15) is 20.9 Å². The monoisotopic (exact) mass is 318 g/mol. The molecule has 114 valence electrons. The number of thiophene rings is 1. The minimum Gasteiger partial charge on any atom is -0.255 e. The van der Waals surface area contributed by atoms with Crippen molar-refractivity contribution >= 4 is 35.1 Å². The lowest BCUT2D eigenvalue weighted by molar-refractivity contribution is 1.43. The van der Waals surface area contributed by atoms with Gasteiger partial charge in [-0.25, -0.2) is 0 Å². The van der Waals surface area contributed by atoms with Gasteiger partial charge < -0.3 is 0 Å². The van der Waals surface area contributed by atoms with Crippen LogP contribution in [0, 0.1) is 13.8 Å². The van der Waals surface area contributed by atoms with Crippen LogP contribution in [0.5, 0.6) is 0 Å². The summed E-state index contributed by atoms with van der Waals surface area (Å²) in [5.74, 6) is 0. The van der Waals surface area contributed by atoms with Crippen molar-refractivity contribution in [1.82, 2.24) is 0 Å². The normalized spacial score (nSPS) is 11.6. The van der Waals surface area contributed by atoms with Crippen LogP contribution in [0.2, 0.25) is 0 Å². The summed E-state index contributed by atoms with van der Waals surface area (Å²) in [6, 6.07) is 20.5. The lowest BCUT2D eigenvalue weighted by Gasteiger charge is -1.94. The van der Waals surface area contributed by atoms with Crippen LogP contribution in [0.15, 0.2) is 70.6 Å². The SMILES string of the molecule is Cc1cccc(N=Cc2ccc(C=Nc3cccc(C)c3)s2)c1. The van der Waals surface area contributed by atoms with Crippen LogP contribution in [0.3, 0.4) is 0 Å². The van der Waals surface area contributed by atoms with E-state index < -0.39 is 0 Å². The molecule has 2 nitrogen and oxygen atoms in total. The van der Waals surface area contributed by atoms with E-state index in [-0.39, 0.29) is 0 Å². The van der Waals surface area contributed by atoms with Crippen molar-refractivity contribution in [2.45, 2.75) is 13.8 Å². The van der Waals surface area contributed by atoms with E-state index in [1.807, 2.05) is 36.7 Å². The third-order valence-electron chi connectivity index (χ3n) is 3.33. The van der Waals surface area contributed by atoms with Gasteiger partial charge in [-0.1, -0.05) is 24.3 Å². The van der Waals surface area contributed by atoms with E-state index >= 15 is 0 Å². The topological polar surface area (TPSA) is 24.7 Å². The Labute approximate surface area is 140 Å². The molecule has 2 aromatic carbocycles. The van der Waals surface area contributed by atoms with E-state index in [1.54, 1.807) is 11.3 Å². The van der Waals surface area contributed by atoms with Gasteiger partial charge in [0.2, 0.25) is 0 Å². The van der Waals surface area contributed by atoms with Crippen molar-refractivity contribution in [1.29, 1.82) is 0 Å². The van der Waals surface area contributed by atoms with Crippen molar-refractivity contribution in [3.8, 4) is 0 Å². The van der Waals surface area contributed by atoms with Crippen molar-refractivity contribution in [2.24, 2.45) is 9.98 Å². The zero-order chi connectivity index (χ0) is 16.1. The quantitative estimate of drug-likeness (QED) is 0.538. The average molecular weight is 318 g/mol. The van der Waals surface area contributed by atoms with Gasteiger partial charge in [-0.2, -0.15) is 0 Å². The summed E-state index contributed by atoms with van der Waals surface area (Å²) in [5.41, 5.74) is 4.40. The Morgan fingerprint density at radius 1 is 0.696 bits per heavy atom. The van der Waals surface area contributed by atoms with Crippen LogP contribution in [-0.2, 0) is 0 Å². The van der Waals surface area contributed by atoms with Crippen LogP contribution >= 0.6 is 11.3 Å². The van der Waals surface area contributed by atoms with Crippen LogP contribution in [0.25, 0.3) is 0 Å². The third-order valence-corrected chi connectivity index (χ3v) is 4.29. The Bertz CT molecular complexity index is 789. The zero-order valence-electron chi connectivity index (χ0n) is 13.2. The predicted molar refractivity (Wildman–Crippen MR) is 101 cm³/mol. The molecule has 0 aliphatic rings. The van der Waals surface area contributed by atoms with Gasteiger partial charge in [0.05, 0.1) is 11.4 Å². The Morgan fingerprint density at radius 2 is 1.17 bits per heavy atom. The highest BCUT2D eigenvalue weighted by molar-refractivity contribution is 7.15. The lowest BCUT2D eigenvalue weighted by atomic mass is 10.2. The molecule has 0 saturated carbocycles. The van der Waals surface area contributed by atoms with E-state index in [0.717, 1.165) is 21.1 Å². The summed E-state index contributed by atoms with van der Waals surface area (Å²) in [6.45, 7) is 4.15. The van der Waals surface area contributed by atoms with Crippen molar-refractivity contribution < 1.29 is 0 Å². The zero-order valence-corrected chi connectivity index (χ0v) is 14.0. The fourth-order valence-corrected chi connectivity index (χ4v) is 2.96. The number of hydrogen-bond donors (Lipinski definition) is 0. The summed E-state index contributed by atoms with van der Waals surface area (Å²) in [5, 5.41) is 0. The average Bonchev–Trinajstić information content (AvgIpc) is 2.99. The minimum atomic E-state index is 0.980. The molecule has 3 rings (SSSR count). The van der Waals surface area contributed by atoms with Gasteiger partial charge in [-0.15, -0.1) is 11.3 Å². The van der Waals surface area contributed by atoms with Crippen LogP contribution in [-0.4, -0.2) is 12.4 Å². The second kappa shape index (κ2) is 7.16. The molecule has 0 radical (unpaired) electrons. The second-order valence-electron chi connectivity index (χ2n) is 5.43. The second-order valence-corrected chi connectivity index (χ2v) is 6.58. The molecular weight excluding hydrogens is 300 g/mol. The molecule has 23 heavy (non-hydrogen) atoms. The fourth-order valence-electron chi connectivity index (χ4n) is 2.20. The number of aliphatic imine (C=N–C) groups is 2. The van der Waals surface area contributed by atoms with Gasteiger partial charge in [0.15, 0.2) is 0 Å².